The van der Waals surface area contributed by atoms with Crippen molar-refractivity contribution in [3.8, 4) is 0 Å². The Morgan fingerprint density at radius 2 is 1.40 bits per heavy atom. The van der Waals surface area contributed by atoms with Gasteiger partial charge in [0.05, 0.1) is 5.25 Å². The maximum Gasteiger partial charge on any atom is 0.272 e. The van der Waals surface area contributed by atoms with Gasteiger partial charge in [0.25, 0.3) is 11.8 Å². The number of hydrogen-bond acceptors (Lipinski definition) is 4. The molecule has 4 aromatic carbocycles. The van der Waals surface area contributed by atoms with Crippen molar-refractivity contribution in [1.29, 1.82) is 0 Å². The van der Waals surface area contributed by atoms with Crippen molar-refractivity contribution in [3.63, 3.8) is 0 Å². The number of nitrogens with one attached hydrogen (secondary N) is 3. The van der Waals surface area contributed by atoms with Gasteiger partial charge >= 0.3 is 0 Å². The van der Waals surface area contributed by atoms with E-state index in [-0.39, 0.29) is 16.9 Å². The zero-order valence-corrected chi connectivity index (χ0v) is 23.7. The summed E-state index contributed by atoms with van der Waals surface area (Å²) < 4.78 is 0. The second-order valence-electron chi connectivity index (χ2n) is 8.64. The molecule has 0 heterocycles. The molecule has 9 heteroatoms. The Morgan fingerprint density at radius 1 is 0.775 bits per heavy atom. The fourth-order valence-electron chi connectivity index (χ4n) is 3.55. The number of anilines is 2. The second kappa shape index (κ2) is 13.8. The van der Waals surface area contributed by atoms with Crippen LogP contribution in [0.25, 0.3) is 6.08 Å². The average Bonchev–Trinajstić information content (AvgIpc) is 2.96. The zero-order chi connectivity index (χ0) is 28.5. The van der Waals surface area contributed by atoms with Gasteiger partial charge in [0.15, 0.2) is 0 Å². The SMILES string of the molecule is CC(Sc1ccc(NC(=O)/C(=C/c2ccc(Cl)cc2Cl)NC(=O)c2ccccc2)cc1)C(=O)Nc1ccccc1. The van der Waals surface area contributed by atoms with Gasteiger partial charge in [0.2, 0.25) is 5.91 Å². The van der Waals surface area contributed by atoms with Crippen LogP contribution in [0.4, 0.5) is 11.4 Å². The topological polar surface area (TPSA) is 87.3 Å². The summed E-state index contributed by atoms with van der Waals surface area (Å²) >= 11 is 13.7. The third-order valence-corrected chi connectivity index (χ3v) is 7.30. The van der Waals surface area contributed by atoms with Gasteiger partial charge in [0, 0.05) is 31.9 Å². The number of carbonyl (C=O) groups excluding carboxylic acids is 3. The number of para-hydroxylation sites is 1. The normalized spacial score (nSPS) is 11.8. The lowest BCUT2D eigenvalue weighted by Gasteiger charge is -2.14. The number of hydrogen-bond donors (Lipinski definition) is 3. The molecule has 1 atom stereocenters. The summed E-state index contributed by atoms with van der Waals surface area (Å²) in [5, 5.41) is 8.82. The van der Waals surface area contributed by atoms with E-state index in [4.69, 9.17) is 23.2 Å². The Balaban J connectivity index is 1.46. The Labute approximate surface area is 246 Å². The standard InChI is InChI=1S/C31H25Cl2N3O3S/c1-20(29(37)34-24-10-6-3-7-11-24)40-26-16-14-25(15-17-26)35-31(39)28(18-22-12-13-23(32)19-27(22)33)36-30(38)21-8-4-2-5-9-21/h2-20H,1H3,(H,34,37)(H,35,39)(H,36,38)/b28-18-. The third kappa shape index (κ3) is 8.23. The molecule has 0 aliphatic heterocycles. The van der Waals surface area contributed by atoms with E-state index < -0.39 is 11.8 Å². The molecule has 40 heavy (non-hydrogen) atoms. The summed E-state index contributed by atoms with van der Waals surface area (Å²) in [6.45, 7) is 1.83. The fourth-order valence-corrected chi connectivity index (χ4v) is 4.89. The second-order valence-corrected chi connectivity index (χ2v) is 10.9. The first-order valence-electron chi connectivity index (χ1n) is 12.3. The molecule has 0 bridgehead atoms. The predicted molar refractivity (Wildman–Crippen MR) is 164 cm³/mol. The molecule has 3 amide bonds. The van der Waals surface area contributed by atoms with Crippen LogP contribution >= 0.6 is 35.0 Å². The molecule has 0 aliphatic carbocycles. The quantitative estimate of drug-likeness (QED) is 0.139. The van der Waals surface area contributed by atoms with Crippen LogP contribution in [0.5, 0.6) is 0 Å². The van der Waals surface area contributed by atoms with Crippen molar-refractivity contribution in [2.75, 3.05) is 10.6 Å². The lowest BCUT2D eigenvalue weighted by molar-refractivity contribution is -0.115. The molecule has 0 saturated carbocycles. The van der Waals surface area contributed by atoms with Crippen molar-refractivity contribution in [2.45, 2.75) is 17.1 Å². The molecule has 4 rings (SSSR count). The highest BCUT2D eigenvalue weighted by Crippen LogP contribution is 2.26. The molecule has 0 aromatic heterocycles. The van der Waals surface area contributed by atoms with Gasteiger partial charge in [-0.15, -0.1) is 11.8 Å². The van der Waals surface area contributed by atoms with Crippen molar-refractivity contribution in [2.24, 2.45) is 0 Å². The highest BCUT2D eigenvalue weighted by atomic mass is 35.5. The van der Waals surface area contributed by atoms with Gasteiger partial charge < -0.3 is 16.0 Å². The lowest BCUT2D eigenvalue weighted by atomic mass is 10.1. The molecule has 0 saturated heterocycles. The Bertz CT molecular complexity index is 1530. The average molecular weight is 591 g/mol. The first-order chi connectivity index (χ1) is 19.3. The van der Waals surface area contributed by atoms with Crippen LogP contribution in [0.15, 0.2) is 114 Å². The summed E-state index contributed by atoms with van der Waals surface area (Å²) in [5.74, 6) is -1.09. The van der Waals surface area contributed by atoms with E-state index in [1.54, 1.807) is 60.7 Å². The minimum absolute atomic E-state index is 0.00253. The van der Waals surface area contributed by atoms with Gasteiger partial charge in [-0.1, -0.05) is 65.7 Å². The third-order valence-electron chi connectivity index (χ3n) is 5.63. The van der Waals surface area contributed by atoms with Gasteiger partial charge in [-0.25, -0.2) is 0 Å². The van der Waals surface area contributed by atoms with Crippen molar-refractivity contribution in [1.82, 2.24) is 5.32 Å². The Hall–Kier alpha value is -4.04. The summed E-state index contributed by atoms with van der Waals surface area (Å²) in [6, 6.07) is 29.8. The van der Waals surface area contributed by atoms with E-state index in [2.05, 4.69) is 16.0 Å². The number of halogens is 2. The molecule has 0 radical (unpaired) electrons. The summed E-state index contributed by atoms with van der Waals surface area (Å²) in [4.78, 5) is 39.5. The molecule has 0 fully saturated rings. The van der Waals surface area contributed by atoms with E-state index in [1.807, 2.05) is 49.4 Å². The van der Waals surface area contributed by atoms with Gasteiger partial charge in [-0.2, -0.15) is 0 Å². The minimum Gasteiger partial charge on any atom is -0.325 e. The summed E-state index contributed by atoms with van der Waals surface area (Å²) in [7, 11) is 0. The van der Waals surface area contributed by atoms with Crippen LogP contribution in [0.3, 0.4) is 0 Å². The molecular weight excluding hydrogens is 565 g/mol. The zero-order valence-electron chi connectivity index (χ0n) is 21.4. The molecule has 4 aromatic rings. The van der Waals surface area contributed by atoms with E-state index in [1.165, 1.54) is 17.8 Å². The number of amides is 3. The van der Waals surface area contributed by atoms with E-state index in [0.29, 0.717) is 26.9 Å². The highest BCUT2D eigenvalue weighted by molar-refractivity contribution is 8.00. The van der Waals surface area contributed by atoms with Crippen LogP contribution < -0.4 is 16.0 Å². The molecular formula is C31H25Cl2N3O3S. The van der Waals surface area contributed by atoms with Gasteiger partial charge in [-0.05, 0) is 79.2 Å². The van der Waals surface area contributed by atoms with Gasteiger partial charge in [0.1, 0.15) is 5.70 Å². The Kier molecular flexibility index (Phi) is 10.0. The van der Waals surface area contributed by atoms with Crippen LogP contribution in [-0.2, 0) is 9.59 Å². The van der Waals surface area contributed by atoms with Crippen molar-refractivity contribution < 1.29 is 14.4 Å². The number of carbonyl (C=O) groups is 3. The van der Waals surface area contributed by atoms with Crippen LogP contribution in [0.1, 0.15) is 22.8 Å². The van der Waals surface area contributed by atoms with Crippen LogP contribution in [0.2, 0.25) is 10.0 Å². The van der Waals surface area contributed by atoms with Crippen molar-refractivity contribution >= 4 is 70.1 Å². The van der Waals surface area contributed by atoms with Crippen LogP contribution in [0, 0.1) is 0 Å². The maximum absolute atomic E-state index is 13.3. The summed E-state index contributed by atoms with van der Waals surface area (Å²) in [6.07, 6.45) is 1.49. The van der Waals surface area contributed by atoms with Crippen LogP contribution in [-0.4, -0.2) is 23.0 Å². The van der Waals surface area contributed by atoms with E-state index >= 15 is 0 Å². The first kappa shape index (κ1) is 29.0. The fraction of sp³-hybridized carbons (Fsp3) is 0.0645. The number of benzene rings is 4. The Morgan fingerprint density at radius 3 is 2.05 bits per heavy atom. The monoisotopic (exact) mass is 589 g/mol. The molecule has 202 valence electrons. The number of thioether (sulfide) groups is 1. The molecule has 6 nitrogen and oxygen atoms in total. The maximum atomic E-state index is 13.3. The lowest BCUT2D eigenvalue weighted by Crippen LogP contribution is -2.30. The van der Waals surface area contributed by atoms with Crippen molar-refractivity contribution in [3.05, 3.63) is 130 Å². The molecule has 1 unspecified atom stereocenters. The van der Waals surface area contributed by atoms with Gasteiger partial charge in [-0.3, -0.25) is 14.4 Å². The first-order valence-corrected chi connectivity index (χ1v) is 13.9. The summed E-state index contributed by atoms with van der Waals surface area (Å²) in [5.41, 5.74) is 2.16. The van der Waals surface area contributed by atoms with E-state index in [0.717, 1.165) is 10.6 Å². The molecule has 0 aliphatic rings. The predicted octanol–water partition coefficient (Wildman–Crippen LogP) is 7.52. The molecule has 3 N–H and O–H groups in total. The molecule has 0 spiro atoms. The largest absolute Gasteiger partial charge is 0.325 e. The highest BCUT2D eigenvalue weighted by Gasteiger charge is 2.17. The van der Waals surface area contributed by atoms with E-state index in [9.17, 15) is 14.4 Å². The smallest absolute Gasteiger partial charge is 0.272 e. The number of rotatable bonds is 9. The minimum atomic E-state index is -0.536.